The van der Waals surface area contributed by atoms with Crippen molar-refractivity contribution in [3.05, 3.63) is 16.6 Å². The Labute approximate surface area is 133 Å². The Morgan fingerprint density at radius 3 is 2.64 bits per heavy atom. The summed E-state index contributed by atoms with van der Waals surface area (Å²) in [6, 6.07) is 1.84. The van der Waals surface area contributed by atoms with E-state index in [4.69, 9.17) is 5.11 Å². The van der Waals surface area contributed by atoms with Gasteiger partial charge in [0.25, 0.3) is 5.91 Å². The number of rotatable bonds is 5. The minimum absolute atomic E-state index is 0.0880. The highest BCUT2D eigenvalue weighted by atomic mass is 32.1. The van der Waals surface area contributed by atoms with Gasteiger partial charge in [0.15, 0.2) is 0 Å². The average molecular weight is 323 g/mol. The van der Waals surface area contributed by atoms with Crippen LogP contribution in [0.4, 0.5) is 0 Å². The third kappa shape index (κ3) is 2.99. The molecule has 0 aliphatic carbocycles. The molecule has 0 radical (unpaired) electrons. The molecule has 0 bridgehead atoms. The van der Waals surface area contributed by atoms with E-state index in [9.17, 15) is 9.59 Å². The molecule has 2 rings (SSSR count). The van der Waals surface area contributed by atoms with Crippen molar-refractivity contribution in [3.63, 3.8) is 0 Å². The predicted octanol–water partition coefficient (Wildman–Crippen LogP) is 2.60. The zero-order valence-electron chi connectivity index (χ0n) is 13.4. The van der Waals surface area contributed by atoms with Crippen molar-refractivity contribution in [3.8, 4) is 0 Å². The third-order valence-electron chi connectivity index (χ3n) is 3.58. The van der Waals surface area contributed by atoms with E-state index in [1.54, 1.807) is 18.5 Å². The maximum atomic E-state index is 12.3. The Morgan fingerprint density at radius 2 is 2.09 bits per heavy atom. The number of carbonyl (C=O) groups is 2. The molecule has 120 valence electrons. The minimum Gasteiger partial charge on any atom is -0.481 e. The molecular weight excluding hydrogens is 302 g/mol. The van der Waals surface area contributed by atoms with Crippen LogP contribution in [0.25, 0.3) is 10.2 Å². The summed E-state index contributed by atoms with van der Waals surface area (Å²) < 4.78 is 1.79. The molecule has 22 heavy (non-hydrogen) atoms. The van der Waals surface area contributed by atoms with Crippen LogP contribution < -0.4 is 5.32 Å². The monoisotopic (exact) mass is 323 g/mol. The highest BCUT2D eigenvalue weighted by molar-refractivity contribution is 7.20. The number of carbonyl (C=O) groups excluding carboxylic acids is 1. The van der Waals surface area contributed by atoms with Gasteiger partial charge in [0.05, 0.1) is 16.0 Å². The van der Waals surface area contributed by atoms with Gasteiger partial charge >= 0.3 is 5.97 Å². The van der Waals surface area contributed by atoms with Crippen LogP contribution in [-0.2, 0) is 11.8 Å². The second-order valence-corrected chi connectivity index (χ2v) is 7.40. The highest BCUT2D eigenvalue weighted by Gasteiger charge is 2.28. The quantitative estimate of drug-likeness (QED) is 0.886. The molecule has 2 N–H and O–H groups in total. The van der Waals surface area contributed by atoms with Crippen LogP contribution in [0.1, 0.15) is 49.0 Å². The summed E-state index contributed by atoms with van der Waals surface area (Å²) in [7, 11) is 1.86. The van der Waals surface area contributed by atoms with Gasteiger partial charge in [0, 0.05) is 19.0 Å². The minimum atomic E-state index is -0.989. The number of thiophene rings is 1. The van der Waals surface area contributed by atoms with Gasteiger partial charge in [0.1, 0.15) is 4.83 Å². The Bertz CT molecular complexity index is 728. The fraction of sp³-hybridized carbons (Fsp3) is 0.533. The highest BCUT2D eigenvalue weighted by Crippen LogP contribution is 2.31. The van der Waals surface area contributed by atoms with Crippen LogP contribution in [-0.4, -0.2) is 33.3 Å². The predicted molar refractivity (Wildman–Crippen MR) is 86.4 cm³/mol. The lowest BCUT2D eigenvalue weighted by Crippen LogP contribution is -2.38. The van der Waals surface area contributed by atoms with E-state index >= 15 is 0 Å². The van der Waals surface area contributed by atoms with E-state index in [1.165, 1.54) is 11.3 Å². The molecule has 0 aliphatic heterocycles. The van der Waals surface area contributed by atoms with Crippen LogP contribution >= 0.6 is 11.3 Å². The number of fused-ring (bicyclic) bond motifs is 1. The summed E-state index contributed by atoms with van der Waals surface area (Å²) in [5.74, 6) is -0.902. The largest absolute Gasteiger partial charge is 0.481 e. The van der Waals surface area contributed by atoms with Crippen molar-refractivity contribution < 1.29 is 14.7 Å². The van der Waals surface area contributed by atoms with Crippen molar-refractivity contribution in [1.82, 2.24) is 15.1 Å². The molecule has 0 aromatic carbocycles. The van der Waals surface area contributed by atoms with Gasteiger partial charge in [-0.3, -0.25) is 14.3 Å². The first-order valence-corrected chi connectivity index (χ1v) is 7.93. The van der Waals surface area contributed by atoms with Crippen LogP contribution in [0.15, 0.2) is 6.07 Å². The topological polar surface area (TPSA) is 84.2 Å². The number of hydrogen-bond acceptors (Lipinski definition) is 4. The lowest BCUT2D eigenvalue weighted by Gasteiger charge is -2.19. The van der Waals surface area contributed by atoms with Crippen molar-refractivity contribution in [2.45, 2.75) is 33.6 Å². The van der Waals surface area contributed by atoms with Gasteiger partial charge in [-0.05, 0) is 25.8 Å². The number of carboxylic acid groups (broad SMARTS) is 1. The van der Waals surface area contributed by atoms with E-state index in [2.05, 4.69) is 24.3 Å². The van der Waals surface area contributed by atoms with Crippen LogP contribution in [0.3, 0.4) is 0 Å². The first kappa shape index (κ1) is 16.5. The fourth-order valence-corrected chi connectivity index (χ4v) is 3.06. The third-order valence-corrected chi connectivity index (χ3v) is 4.78. The Kier molecular flexibility index (Phi) is 4.28. The smallest absolute Gasteiger partial charge is 0.310 e. The summed E-state index contributed by atoms with van der Waals surface area (Å²) in [6.45, 7) is 7.39. The van der Waals surface area contributed by atoms with Crippen LogP contribution in [0.5, 0.6) is 0 Å². The molecule has 0 unspecified atom stereocenters. The zero-order chi connectivity index (χ0) is 16.7. The number of carboxylic acids is 1. The summed E-state index contributed by atoms with van der Waals surface area (Å²) in [5, 5.41) is 17.2. The van der Waals surface area contributed by atoms with Crippen LogP contribution in [0, 0.1) is 5.41 Å². The standard InChI is InChI=1S/C15H21N3O3S/c1-8(2)11-9-6-10(22-13(9)18(5)17-11)12(19)16-7-15(3,4)14(20)21/h6,8H,7H2,1-5H3,(H,16,19)(H,20,21). The lowest BCUT2D eigenvalue weighted by atomic mass is 9.94. The summed E-state index contributed by atoms with van der Waals surface area (Å²) in [5.41, 5.74) is -0.0181. The van der Waals surface area contributed by atoms with Crippen molar-refractivity contribution in [2.24, 2.45) is 12.5 Å². The molecule has 2 aromatic heterocycles. The lowest BCUT2D eigenvalue weighted by molar-refractivity contribution is -0.146. The number of amides is 1. The summed E-state index contributed by atoms with van der Waals surface area (Å²) in [4.78, 5) is 24.8. The normalized spacial score (nSPS) is 12.1. The zero-order valence-corrected chi connectivity index (χ0v) is 14.2. The molecule has 2 aromatic rings. The molecule has 0 aliphatic rings. The summed E-state index contributed by atoms with van der Waals surface area (Å²) >= 11 is 1.37. The SMILES string of the molecule is CC(C)c1nn(C)c2sc(C(=O)NCC(C)(C)C(=O)O)cc12. The number of aliphatic carboxylic acids is 1. The molecule has 0 fully saturated rings. The van der Waals surface area contributed by atoms with Gasteiger partial charge in [-0.15, -0.1) is 11.3 Å². The molecule has 0 atom stereocenters. The van der Waals surface area contributed by atoms with E-state index in [0.29, 0.717) is 4.88 Å². The molecule has 0 saturated heterocycles. The van der Waals surface area contributed by atoms with E-state index in [-0.39, 0.29) is 18.4 Å². The average Bonchev–Trinajstić information content (AvgIpc) is 2.97. The van der Waals surface area contributed by atoms with Gasteiger partial charge in [-0.2, -0.15) is 5.10 Å². The van der Waals surface area contributed by atoms with Gasteiger partial charge in [0.2, 0.25) is 0 Å². The van der Waals surface area contributed by atoms with Gasteiger partial charge in [-0.1, -0.05) is 13.8 Å². The van der Waals surface area contributed by atoms with Crippen molar-refractivity contribution in [1.29, 1.82) is 0 Å². The van der Waals surface area contributed by atoms with Gasteiger partial charge in [-0.25, -0.2) is 0 Å². The Morgan fingerprint density at radius 1 is 1.45 bits per heavy atom. The molecule has 0 spiro atoms. The van der Waals surface area contributed by atoms with Crippen LogP contribution in [0.2, 0.25) is 0 Å². The molecule has 1 amide bonds. The maximum Gasteiger partial charge on any atom is 0.310 e. The molecule has 0 saturated carbocycles. The first-order chi connectivity index (χ1) is 10.1. The molecule has 2 heterocycles. The summed E-state index contributed by atoms with van der Waals surface area (Å²) in [6.07, 6.45) is 0. The van der Waals surface area contributed by atoms with E-state index in [1.807, 2.05) is 13.1 Å². The Balaban J connectivity index is 2.23. The number of nitrogens with one attached hydrogen (secondary N) is 1. The molecule has 6 nitrogen and oxygen atoms in total. The van der Waals surface area contributed by atoms with E-state index < -0.39 is 11.4 Å². The number of hydrogen-bond donors (Lipinski definition) is 2. The number of aromatic nitrogens is 2. The maximum absolute atomic E-state index is 12.3. The second-order valence-electron chi connectivity index (χ2n) is 6.36. The van der Waals surface area contributed by atoms with Crippen molar-refractivity contribution in [2.75, 3.05) is 6.54 Å². The first-order valence-electron chi connectivity index (χ1n) is 7.11. The van der Waals surface area contributed by atoms with Crippen molar-refractivity contribution >= 4 is 33.4 Å². The second kappa shape index (κ2) is 5.72. The fourth-order valence-electron chi connectivity index (χ4n) is 2.07. The van der Waals surface area contributed by atoms with E-state index in [0.717, 1.165) is 15.9 Å². The number of nitrogens with zero attached hydrogens (tertiary/aromatic N) is 2. The van der Waals surface area contributed by atoms with Gasteiger partial charge < -0.3 is 10.4 Å². The molecular formula is C15H21N3O3S. The Hall–Kier alpha value is -1.89. The number of aryl methyl sites for hydroxylation is 1. The molecule has 7 heteroatoms.